The normalized spacial score (nSPS) is 19.9. The predicted molar refractivity (Wildman–Crippen MR) is 68.4 cm³/mol. The molecule has 2 rings (SSSR count). The average molecular weight is 253 g/mol. The zero-order chi connectivity index (χ0) is 13.0. The number of piperazine rings is 1. The Morgan fingerprint density at radius 1 is 1.28 bits per heavy atom. The van der Waals surface area contributed by atoms with Crippen LogP contribution in [-0.4, -0.2) is 54.8 Å². The highest BCUT2D eigenvalue weighted by Crippen LogP contribution is 2.15. The van der Waals surface area contributed by atoms with Crippen LogP contribution in [0.1, 0.15) is 11.7 Å². The van der Waals surface area contributed by atoms with Gasteiger partial charge in [0.25, 0.3) is 0 Å². The van der Waals surface area contributed by atoms with E-state index in [0.29, 0.717) is 12.1 Å². The molecule has 1 heterocycles. The van der Waals surface area contributed by atoms with Gasteiger partial charge in [-0.25, -0.2) is 9.40 Å². The Kier molecular flexibility index (Phi) is 4.66. The number of nitrogens with one attached hydrogen (secondary N) is 1. The van der Waals surface area contributed by atoms with Gasteiger partial charge in [0.05, 0.1) is 6.10 Å². The van der Waals surface area contributed by atoms with Crippen molar-refractivity contribution in [3.63, 3.8) is 0 Å². The fourth-order valence-electron chi connectivity index (χ4n) is 2.04. The van der Waals surface area contributed by atoms with Crippen molar-refractivity contribution < 1.29 is 9.50 Å². The molecule has 0 bridgehead atoms. The van der Waals surface area contributed by atoms with E-state index < -0.39 is 6.10 Å². The van der Waals surface area contributed by atoms with E-state index >= 15 is 0 Å². The smallest absolute Gasteiger partial charge is 0.129 e. The van der Waals surface area contributed by atoms with Crippen molar-refractivity contribution in [1.29, 1.82) is 0 Å². The molecule has 0 amide bonds. The summed E-state index contributed by atoms with van der Waals surface area (Å²) in [4.78, 5) is 2.26. The molecule has 1 atom stereocenters. The average Bonchev–Trinajstić information content (AvgIpc) is 2.38. The maximum Gasteiger partial charge on any atom is 0.129 e. The Balaban J connectivity index is 1.81. The molecule has 4 nitrogen and oxygen atoms in total. The highest BCUT2D eigenvalue weighted by molar-refractivity contribution is 5.19. The molecule has 1 fully saturated rings. The summed E-state index contributed by atoms with van der Waals surface area (Å²) in [7, 11) is 2.09. The van der Waals surface area contributed by atoms with E-state index in [9.17, 15) is 9.50 Å². The summed E-state index contributed by atoms with van der Waals surface area (Å²) in [6, 6.07) is 6.34. The van der Waals surface area contributed by atoms with E-state index in [-0.39, 0.29) is 5.82 Å². The molecule has 1 aromatic carbocycles. The van der Waals surface area contributed by atoms with Gasteiger partial charge < -0.3 is 10.0 Å². The number of aliphatic hydroxyl groups is 1. The van der Waals surface area contributed by atoms with Gasteiger partial charge in [0.2, 0.25) is 0 Å². The standard InChI is InChI=1S/C13H20FN3O/c1-16-6-8-17(9-7-16)15-10-13(18)11-4-2-3-5-12(11)14/h2-5,13,15,18H,6-10H2,1H3. The second-order valence-corrected chi connectivity index (χ2v) is 4.69. The van der Waals surface area contributed by atoms with Crippen molar-refractivity contribution in [2.75, 3.05) is 39.8 Å². The summed E-state index contributed by atoms with van der Waals surface area (Å²) < 4.78 is 13.4. The minimum absolute atomic E-state index is 0.338. The van der Waals surface area contributed by atoms with Crippen LogP contribution in [0, 0.1) is 5.82 Å². The van der Waals surface area contributed by atoms with E-state index in [1.807, 2.05) is 0 Å². The van der Waals surface area contributed by atoms with E-state index in [1.165, 1.54) is 6.07 Å². The minimum atomic E-state index is -0.814. The largest absolute Gasteiger partial charge is 0.387 e. The predicted octanol–water partition coefficient (Wildman–Crippen LogP) is 0.611. The molecule has 1 aliphatic rings. The molecule has 100 valence electrons. The van der Waals surface area contributed by atoms with Crippen molar-refractivity contribution in [3.8, 4) is 0 Å². The number of hydrogen-bond donors (Lipinski definition) is 2. The molecule has 0 aliphatic carbocycles. The Morgan fingerprint density at radius 3 is 2.61 bits per heavy atom. The van der Waals surface area contributed by atoms with E-state index in [2.05, 4.69) is 22.4 Å². The number of benzene rings is 1. The van der Waals surface area contributed by atoms with Gasteiger partial charge in [-0.2, -0.15) is 0 Å². The number of rotatable bonds is 4. The Labute approximate surface area is 107 Å². The first kappa shape index (κ1) is 13.4. The van der Waals surface area contributed by atoms with Crippen molar-refractivity contribution in [2.24, 2.45) is 0 Å². The molecule has 0 spiro atoms. The number of nitrogens with zero attached hydrogens (tertiary/aromatic N) is 2. The third-order valence-electron chi connectivity index (χ3n) is 3.28. The minimum Gasteiger partial charge on any atom is -0.387 e. The van der Waals surface area contributed by atoms with Crippen LogP contribution in [-0.2, 0) is 0 Å². The van der Waals surface area contributed by atoms with Gasteiger partial charge >= 0.3 is 0 Å². The first-order chi connectivity index (χ1) is 8.66. The topological polar surface area (TPSA) is 38.7 Å². The molecule has 0 saturated carbocycles. The Bertz CT molecular complexity index is 380. The molecule has 5 heteroatoms. The van der Waals surface area contributed by atoms with Crippen molar-refractivity contribution >= 4 is 0 Å². The Morgan fingerprint density at radius 2 is 1.94 bits per heavy atom. The number of halogens is 1. The Hall–Kier alpha value is -1.01. The molecule has 18 heavy (non-hydrogen) atoms. The summed E-state index contributed by atoms with van der Waals surface area (Å²) in [6.45, 7) is 4.18. The maximum atomic E-state index is 13.4. The lowest BCUT2D eigenvalue weighted by molar-refractivity contribution is 0.0733. The summed E-state index contributed by atoms with van der Waals surface area (Å²) in [5.41, 5.74) is 3.50. The fraction of sp³-hybridized carbons (Fsp3) is 0.538. The molecule has 1 unspecified atom stereocenters. The summed E-state index contributed by atoms with van der Waals surface area (Å²) in [5.74, 6) is -0.356. The first-order valence-electron chi connectivity index (χ1n) is 6.26. The summed E-state index contributed by atoms with van der Waals surface area (Å²) >= 11 is 0. The van der Waals surface area contributed by atoms with Crippen LogP contribution in [0.15, 0.2) is 24.3 Å². The van der Waals surface area contributed by atoms with Gasteiger partial charge in [-0.05, 0) is 13.1 Å². The van der Waals surface area contributed by atoms with Crippen molar-refractivity contribution in [3.05, 3.63) is 35.6 Å². The van der Waals surface area contributed by atoms with E-state index in [0.717, 1.165) is 26.2 Å². The van der Waals surface area contributed by atoms with Gasteiger partial charge in [-0.1, -0.05) is 18.2 Å². The van der Waals surface area contributed by atoms with Crippen molar-refractivity contribution in [2.45, 2.75) is 6.10 Å². The molecular weight excluding hydrogens is 233 g/mol. The summed E-state index contributed by atoms with van der Waals surface area (Å²) in [5, 5.41) is 12.0. The van der Waals surface area contributed by atoms with Gasteiger partial charge in [0.1, 0.15) is 5.82 Å². The van der Waals surface area contributed by atoms with Crippen LogP contribution < -0.4 is 5.43 Å². The number of likely N-dealkylation sites (N-methyl/N-ethyl adjacent to an activating group) is 1. The van der Waals surface area contributed by atoms with Crippen LogP contribution in [0.25, 0.3) is 0 Å². The van der Waals surface area contributed by atoms with Crippen LogP contribution in [0.4, 0.5) is 4.39 Å². The number of aliphatic hydroxyl groups excluding tert-OH is 1. The van der Waals surface area contributed by atoms with Crippen LogP contribution in [0.2, 0.25) is 0 Å². The van der Waals surface area contributed by atoms with E-state index in [1.54, 1.807) is 18.2 Å². The van der Waals surface area contributed by atoms with Gasteiger partial charge in [-0.15, -0.1) is 0 Å². The summed E-state index contributed by atoms with van der Waals surface area (Å²) in [6.07, 6.45) is -0.814. The van der Waals surface area contributed by atoms with E-state index in [4.69, 9.17) is 0 Å². The first-order valence-corrected chi connectivity index (χ1v) is 6.26. The molecule has 1 aromatic rings. The zero-order valence-electron chi connectivity index (χ0n) is 10.6. The lowest BCUT2D eigenvalue weighted by atomic mass is 10.1. The second-order valence-electron chi connectivity index (χ2n) is 4.69. The van der Waals surface area contributed by atoms with Gasteiger partial charge in [0, 0.05) is 38.3 Å². The molecule has 0 aromatic heterocycles. The third-order valence-corrected chi connectivity index (χ3v) is 3.28. The fourth-order valence-corrected chi connectivity index (χ4v) is 2.04. The molecule has 1 saturated heterocycles. The lowest BCUT2D eigenvalue weighted by Gasteiger charge is -2.33. The van der Waals surface area contributed by atoms with Crippen molar-refractivity contribution in [1.82, 2.24) is 15.3 Å². The quantitative estimate of drug-likeness (QED) is 0.825. The highest BCUT2D eigenvalue weighted by atomic mass is 19.1. The lowest BCUT2D eigenvalue weighted by Crippen LogP contribution is -2.51. The third kappa shape index (κ3) is 3.49. The molecule has 2 N–H and O–H groups in total. The van der Waals surface area contributed by atoms with Crippen LogP contribution in [0.5, 0.6) is 0 Å². The van der Waals surface area contributed by atoms with Gasteiger partial charge in [0.15, 0.2) is 0 Å². The second kappa shape index (κ2) is 6.24. The molecule has 0 radical (unpaired) electrons. The van der Waals surface area contributed by atoms with Gasteiger partial charge in [-0.3, -0.25) is 5.43 Å². The zero-order valence-corrected chi connectivity index (χ0v) is 10.6. The molecular formula is C13H20FN3O. The maximum absolute atomic E-state index is 13.4. The van der Waals surface area contributed by atoms with Crippen LogP contribution in [0.3, 0.4) is 0 Å². The molecule has 1 aliphatic heterocycles. The SMILES string of the molecule is CN1CCN(NCC(O)c2ccccc2F)CC1. The number of hydrazine groups is 1. The van der Waals surface area contributed by atoms with Crippen LogP contribution >= 0.6 is 0 Å². The monoisotopic (exact) mass is 253 g/mol. The highest BCUT2D eigenvalue weighted by Gasteiger charge is 2.16. The number of hydrogen-bond acceptors (Lipinski definition) is 4.